The maximum atomic E-state index is 5.56. The molecule has 1 aromatic rings. The first kappa shape index (κ1) is 9.26. The molecule has 0 aliphatic carbocycles. The Labute approximate surface area is 73.6 Å². The molecule has 0 aliphatic heterocycles. The summed E-state index contributed by atoms with van der Waals surface area (Å²) in [6, 6.07) is 0. The molecule has 68 valence electrons. The van der Waals surface area contributed by atoms with E-state index in [0.717, 1.165) is 5.69 Å². The zero-order valence-electron chi connectivity index (χ0n) is 8.26. The molecular weight excluding hydrogens is 150 g/mol. The van der Waals surface area contributed by atoms with E-state index in [1.54, 1.807) is 0 Å². The van der Waals surface area contributed by atoms with Crippen LogP contribution in [0.2, 0.25) is 0 Å². The molecule has 2 N–H and O–H groups in total. The highest BCUT2D eigenvalue weighted by atomic mass is 15.3. The van der Waals surface area contributed by atoms with Crippen LogP contribution in [0.5, 0.6) is 0 Å². The Morgan fingerprint density at radius 3 is 2.33 bits per heavy atom. The van der Waals surface area contributed by atoms with Gasteiger partial charge < -0.3 is 5.73 Å². The normalized spacial score (nSPS) is 11.2. The molecule has 1 heterocycles. The van der Waals surface area contributed by atoms with E-state index in [1.807, 2.05) is 11.7 Å². The monoisotopic (exact) mass is 167 g/mol. The van der Waals surface area contributed by atoms with Crippen molar-refractivity contribution in [3.05, 3.63) is 17.0 Å². The number of nitrogens with zero attached hydrogens (tertiary/aromatic N) is 2. The zero-order chi connectivity index (χ0) is 9.30. The Balaban J connectivity index is 3.19. The fourth-order valence-electron chi connectivity index (χ4n) is 1.70. The summed E-state index contributed by atoms with van der Waals surface area (Å²) < 4.78 is 1.93. The van der Waals surface area contributed by atoms with Crippen molar-refractivity contribution in [2.24, 2.45) is 12.8 Å². The predicted molar refractivity (Wildman–Crippen MR) is 49.9 cm³/mol. The molecule has 0 radical (unpaired) electrons. The molecule has 0 atom stereocenters. The molecule has 0 aliphatic rings. The second-order valence-electron chi connectivity index (χ2n) is 3.44. The summed E-state index contributed by atoms with van der Waals surface area (Å²) in [6.45, 7) is 6.96. The summed E-state index contributed by atoms with van der Waals surface area (Å²) in [4.78, 5) is 0. The summed E-state index contributed by atoms with van der Waals surface area (Å²) in [6.07, 6.45) is 0. The standard InChI is InChI=1S/C9H17N3/c1-6(2)9-7(3)8(5-10)11-12(9)4/h6H,5,10H2,1-4H3. The van der Waals surface area contributed by atoms with Gasteiger partial charge in [0, 0.05) is 19.3 Å². The van der Waals surface area contributed by atoms with E-state index in [-0.39, 0.29) is 0 Å². The van der Waals surface area contributed by atoms with Gasteiger partial charge >= 0.3 is 0 Å². The highest BCUT2D eigenvalue weighted by molar-refractivity contribution is 5.26. The van der Waals surface area contributed by atoms with Crippen LogP contribution in [0.4, 0.5) is 0 Å². The van der Waals surface area contributed by atoms with Gasteiger partial charge in [0.25, 0.3) is 0 Å². The summed E-state index contributed by atoms with van der Waals surface area (Å²) >= 11 is 0. The molecule has 3 nitrogen and oxygen atoms in total. The van der Waals surface area contributed by atoms with E-state index in [1.165, 1.54) is 11.3 Å². The number of rotatable bonds is 2. The minimum Gasteiger partial charge on any atom is -0.325 e. The fourth-order valence-corrected chi connectivity index (χ4v) is 1.70. The van der Waals surface area contributed by atoms with Gasteiger partial charge in [-0.15, -0.1) is 0 Å². The predicted octanol–water partition coefficient (Wildman–Crippen LogP) is 1.31. The van der Waals surface area contributed by atoms with Gasteiger partial charge in [0.1, 0.15) is 0 Å². The van der Waals surface area contributed by atoms with E-state index in [4.69, 9.17) is 5.73 Å². The number of hydrogen-bond donors (Lipinski definition) is 1. The van der Waals surface area contributed by atoms with Gasteiger partial charge in [0.15, 0.2) is 0 Å². The van der Waals surface area contributed by atoms with Crippen molar-refractivity contribution in [1.82, 2.24) is 9.78 Å². The Morgan fingerprint density at radius 2 is 2.08 bits per heavy atom. The van der Waals surface area contributed by atoms with Crippen LogP contribution in [0.25, 0.3) is 0 Å². The van der Waals surface area contributed by atoms with Gasteiger partial charge in [-0.2, -0.15) is 5.10 Å². The van der Waals surface area contributed by atoms with Crippen LogP contribution < -0.4 is 5.73 Å². The van der Waals surface area contributed by atoms with Crippen molar-refractivity contribution >= 4 is 0 Å². The highest BCUT2D eigenvalue weighted by Crippen LogP contribution is 2.20. The van der Waals surface area contributed by atoms with E-state index in [9.17, 15) is 0 Å². The lowest BCUT2D eigenvalue weighted by Gasteiger charge is -2.06. The lowest BCUT2D eigenvalue weighted by Crippen LogP contribution is -2.00. The first-order valence-electron chi connectivity index (χ1n) is 4.30. The summed E-state index contributed by atoms with van der Waals surface area (Å²) in [5, 5.41) is 4.34. The molecule has 0 saturated heterocycles. The molecule has 0 unspecified atom stereocenters. The molecule has 1 aromatic heterocycles. The average molecular weight is 167 g/mol. The van der Waals surface area contributed by atoms with Gasteiger partial charge in [-0.3, -0.25) is 4.68 Å². The number of aryl methyl sites for hydroxylation is 1. The third-order valence-corrected chi connectivity index (χ3v) is 2.18. The fraction of sp³-hybridized carbons (Fsp3) is 0.667. The van der Waals surface area contributed by atoms with Gasteiger partial charge in [0.05, 0.1) is 5.69 Å². The molecule has 0 bridgehead atoms. The van der Waals surface area contributed by atoms with Crippen molar-refractivity contribution in [3.63, 3.8) is 0 Å². The summed E-state index contributed by atoms with van der Waals surface area (Å²) in [7, 11) is 1.97. The molecule has 0 saturated carbocycles. The van der Waals surface area contributed by atoms with Gasteiger partial charge in [-0.1, -0.05) is 13.8 Å². The third kappa shape index (κ3) is 1.37. The molecular formula is C9H17N3. The Morgan fingerprint density at radius 1 is 1.50 bits per heavy atom. The van der Waals surface area contributed by atoms with Crippen LogP contribution in [0, 0.1) is 6.92 Å². The van der Waals surface area contributed by atoms with Crippen molar-refractivity contribution < 1.29 is 0 Å². The van der Waals surface area contributed by atoms with Crippen LogP contribution in [-0.4, -0.2) is 9.78 Å². The van der Waals surface area contributed by atoms with Crippen LogP contribution in [0.1, 0.15) is 36.7 Å². The minimum absolute atomic E-state index is 0.516. The number of nitrogens with two attached hydrogens (primary N) is 1. The van der Waals surface area contributed by atoms with E-state index in [0.29, 0.717) is 12.5 Å². The highest BCUT2D eigenvalue weighted by Gasteiger charge is 2.13. The molecule has 0 amide bonds. The summed E-state index contributed by atoms with van der Waals surface area (Å²) in [5.74, 6) is 0.516. The quantitative estimate of drug-likeness (QED) is 0.721. The Hall–Kier alpha value is -0.830. The Bertz CT molecular complexity index is 274. The van der Waals surface area contributed by atoms with Crippen molar-refractivity contribution in [1.29, 1.82) is 0 Å². The molecule has 12 heavy (non-hydrogen) atoms. The molecule has 0 spiro atoms. The maximum absolute atomic E-state index is 5.56. The van der Waals surface area contributed by atoms with Crippen LogP contribution in [-0.2, 0) is 13.6 Å². The average Bonchev–Trinajstić information content (AvgIpc) is 2.25. The van der Waals surface area contributed by atoms with E-state index >= 15 is 0 Å². The smallest absolute Gasteiger partial charge is 0.0792 e. The maximum Gasteiger partial charge on any atom is 0.0792 e. The zero-order valence-corrected chi connectivity index (χ0v) is 8.26. The van der Waals surface area contributed by atoms with Crippen molar-refractivity contribution in [2.75, 3.05) is 0 Å². The minimum atomic E-state index is 0.516. The lowest BCUT2D eigenvalue weighted by molar-refractivity contribution is 0.660. The van der Waals surface area contributed by atoms with Crippen LogP contribution in [0.3, 0.4) is 0 Å². The van der Waals surface area contributed by atoms with Crippen LogP contribution in [0.15, 0.2) is 0 Å². The molecule has 0 fully saturated rings. The van der Waals surface area contributed by atoms with Crippen molar-refractivity contribution in [3.8, 4) is 0 Å². The summed E-state index contributed by atoms with van der Waals surface area (Å²) in [5.41, 5.74) is 9.11. The third-order valence-electron chi connectivity index (χ3n) is 2.18. The SMILES string of the molecule is Cc1c(CN)nn(C)c1C(C)C. The van der Waals surface area contributed by atoms with Gasteiger partial charge in [-0.25, -0.2) is 0 Å². The number of aromatic nitrogens is 2. The number of hydrogen-bond acceptors (Lipinski definition) is 2. The largest absolute Gasteiger partial charge is 0.325 e. The van der Waals surface area contributed by atoms with E-state index in [2.05, 4.69) is 25.9 Å². The first-order valence-corrected chi connectivity index (χ1v) is 4.30. The second kappa shape index (κ2) is 3.27. The lowest BCUT2D eigenvalue weighted by atomic mass is 10.1. The second-order valence-corrected chi connectivity index (χ2v) is 3.44. The van der Waals surface area contributed by atoms with Crippen molar-refractivity contribution in [2.45, 2.75) is 33.2 Å². The molecule has 0 aromatic carbocycles. The van der Waals surface area contributed by atoms with E-state index < -0.39 is 0 Å². The Kier molecular flexibility index (Phi) is 2.52. The molecule has 3 heteroatoms. The topological polar surface area (TPSA) is 43.8 Å². The molecule has 1 rings (SSSR count). The first-order chi connectivity index (χ1) is 5.57. The van der Waals surface area contributed by atoms with Gasteiger partial charge in [-0.05, 0) is 18.4 Å². The van der Waals surface area contributed by atoms with Crippen LogP contribution >= 0.6 is 0 Å². The van der Waals surface area contributed by atoms with Gasteiger partial charge in [0.2, 0.25) is 0 Å².